The lowest BCUT2D eigenvalue weighted by atomic mass is 10.0. The number of rotatable bonds is 65. The standard InChI is InChI=1S/C64H124O17P2/c1-5-9-13-17-21-23-24-25-26-27-28-29-30-31-32-33-35-39-43-47-51-64(69)81-60(55-75-62(67)49-45-41-38-34-22-18-14-10-6-2)57-79-83(72,73)77-53-58(65)52-76-82(70,71)78-56-59(80-63(68)50-46-42-37-20-16-12-8-4)54-74-61(66)48-44-40-36-19-15-11-7-3/h58-60,65H,5-57H2,1-4H3,(H,70,71)(H,72,73)/t58-,59+,60+/m0/s1. The van der Waals surface area contributed by atoms with E-state index in [1.807, 2.05) is 0 Å². The molecular weight excluding hydrogens is 1100 g/mol. The van der Waals surface area contributed by atoms with Crippen molar-refractivity contribution in [3.05, 3.63) is 0 Å². The lowest BCUT2D eigenvalue weighted by molar-refractivity contribution is -0.161. The normalized spacial score (nSPS) is 14.2. The number of aliphatic hydroxyl groups excluding tert-OH is 1. The molecule has 0 heterocycles. The van der Waals surface area contributed by atoms with E-state index in [0.29, 0.717) is 25.7 Å². The minimum absolute atomic E-state index is 0.104. The second-order valence-electron chi connectivity index (χ2n) is 23.2. The molecule has 0 aliphatic rings. The number of phosphoric ester groups is 2. The molecule has 17 nitrogen and oxygen atoms in total. The Labute approximate surface area is 505 Å². The molecule has 0 radical (unpaired) electrons. The number of carbonyl (C=O) groups is 4. The van der Waals surface area contributed by atoms with Gasteiger partial charge >= 0.3 is 39.5 Å². The number of hydrogen-bond acceptors (Lipinski definition) is 15. The van der Waals surface area contributed by atoms with Crippen LogP contribution in [0.2, 0.25) is 0 Å². The second kappa shape index (κ2) is 59.0. The molecule has 0 aromatic heterocycles. The van der Waals surface area contributed by atoms with E-state index in [1.165, 1.54) is 135 Å². The number of carbonyl (C=O) groups excluding carboxylic acids is 4. The molecule has 0 aromatic carbocycles. The van der Waals surface area contributed by atoms with E-state index in [0.717, 1.165) is 116 Å². The van der Waals surface area contributed by atoms with E-state index in [2.05, 4.69) is 27.7 Å². The van der Waals surface area contributed by atoms with Crippen LogP contribution in [0.15, 0.2) is 0 Å². The number of phosphoric acid groups is 2. The van der Waals surface area contributed by atoms with Crippen LogP contribution in [0, 0.1) is 0 Å². The molecule has 0 saturated carbocycles. The van der Waals surface area contributed by atoms with Crippen molar-refractivity contribution in [3.63, 3.8) is 0 Å². The highest BCUT2D eigenvalue weighted by atomic mass is 31.2. The van der Waals surface area contributed by atoms with Gasteiger partial charge in [0.1, 0.15) is 19.3 Å². The zero-order chi connectivity index (χ0) is 61.2. The molecule has 2 unspecified atom stereocenters. The molecule has 0 amide bonds. The summed E-state index contributed by atoms with van der Waals surface area (Å²) in [5.74, 6) is -2.14. The fraction of sp³-hybridized carbons (Fsp3) is 0.938. The Morgan fingerprint density at radius 3 is 0.711 bits per heavy atom. The van der Waals surface area contributed by atoms with Gasteiger partial charge in [-0.2, -0.15) is 0 Å². The van der Waals surface area contributed by atoms with Gasteiger partial charge in [-0.15, -0.1) is 0 Å². The molecule has 83 heavy (non-hydrogen) atoms. The molecule has 492 valence electrons. The first kappa shape index (κ1) is 81.1. The molecule has 3 N–H and O–H groups in total. The third-order valence-electron chi connectivity index (χ3n) is 14.9. The predicted octanol–water partition coefficient (Wildman–Crippen LogP) is 17.9. The molecular formula is C64H124O17P2. The van der Waals surface area contributed by atoms with Crippen LogP contribution < -0.4 is 0 Å². The summed E-state index contributed by atoms with van der Waals surface area (Å²) in [6.45, 7) is 4.79. The van der Waals surface area contributed by atoms with Gasteiger partial charge in [0.25, 0.3) is 0 Å². The van der Waals surface area contributed by atoms with E-state index in [1.54, 1.807) is 0 Å². The molecule has 0 bridgehead atoms. The van der Waals surface area contributed by atoms with E-state index in [9.17, 15) is 43.2 Å². The third kappa shape index (κ3) is 58.8. The quantitative estimate of drug-likeness (QED) is 0.0222. The summed E-state index contributed by atoms with van der Waals surface area (Å²) in [6, 6.07) is 0. The van der Waals surface area contributed by atoms with Crippen LogP contribution >= 0.6 is 15.6 Å². The van der Waals surface area contributed by atoms with Crippen molar-refractivity contribution in [2.24, 2.45) is 0 Å². The van der Waals surface area contributed by atoms with Gasteiger partial charge in [0.05, 0.1) is 26.4 Å². The Kier molecular flexibility index (Phi) is 57.7. The van der Waals surface area contributed by atoms with Crippen LogP contribution in [0.5, 0.6) is 0 Å². The van der Waals surface area contributed by atoms with E-state index < -0.39 is 97.5 Å². The maximum atomic E-state index is 13.0. The van der Waals surface area contributed by atoms with Gasteiger partial charge in [-0.1, -0.05) is 278 Å². The fourth-order valence-electron chi connectivity index (χ4n) is 9.63. The van der Waals surface area contributed by atoms with Gasteiger partial charge in [-0.3, -0.25) is 37.3 Å². The fourth-order valence-corrected chi connectivity index (χ4v) is 11.2. The molecule has 5 atom stereocenters. The molecule has 0 aliphatic carbocycles. The highest BCUT2D eigenvalue weighted by molar-refractivity contribution is 7.47. The predicted molar refractivity (Wildman–Crippen MR) is 331 cm³/mol. The lowest BCUT2D eigenvalue weighted by Gasteiger charge is -2.21. The van der Waals surface area contributed by atoms with E-state index in [-0.39, 0.29) is 25.7 Å². The molecule has 0 aliphatic heterocycles. The van der Waals surface area contributed by atoms with Gasteiger partial charge in [0.15, 0.2) is 12.2 Å². The largest absolute Gasteiger partial charge is 0.472 e. The van der Waals surface area contributed by atoms with Crippen molar-refractivity contribution in [1.82, 2.24) is 0 Å². The van der Waals surface area contributed by atoms with Crippen molar-refractivity contribution in [2.45, 2.75) is 348 Å². The average Bonchev–Trinajstić information content (AvgIpc) is 3.47. The molecule has 0 aromatic rings. The molecule has 19 heteroatoms. The van der Waals surface area contributed by atoms with Gasteiger partial charge in [0.2, 0.25) is 0 Å². The Morgan fingerprint density at radius 1 is 0.289 bits per heavy atom. The monoisotopic (exact) mass is 1230 g/mol. The Bertz CT molecular complexity index is 1600. The van der Waals surface area contributed by atoms with Gasteiger partial charge in [-0.25, -0.2) is 9.13 Å². The number of unbranched alkanes of at least 4 members (excludes halogenated alkanes) is 39. The van der Waals surface area contributed by atoms with Crippen LogP contribution in [0.3, 0.4) is 0 Å². The van der Waals surface area contributed by atoms with Crippen molar-refractivity contribution < 1.29 is 80.2 Å². The number of ether oxygens (including phenoxy) is 4. The zero-order valence-electron chi connectivity index (χ0n) is 53.2. The third-order valence-corrected chi connectivity index (χ3v) is 16.8. The minimum Gasteiger partial charge on any atom is -0.462 e. The average molecular weight is 1230 g/mol. The van der Waals surface area contributed by atoms with Crippen LogP contribution in [-0.2, 0) is 65.4 Å². The van der Waals surface area contributed by atoms with Crippen LogP contribution in [0.25, 0.3) is 0 Å². The maximum absolute atomic E-state index is 13.0. The summed E-state index contributed by atoms with van der Waals surface area (Å²) < 4.78 is 67.7. The molecule has 0 fully saturated rings. The summed E-state index contributed by atoms with van der Waals surface area (Å²) in [5, 5.41) is 10.5. The Morgan fingerprint density at radius 2 is 0.482 bits per heavy atom. The van der Waals surface area contributed by atoms with Crippen molar-refractivity contribution in [3.8, 4) is 0 Å². The highest BCUT2D eigenvalue weighted by Crippen LogP contribution is 2.45. The Hall–Kier alpha value is -1.94. The number of aliphatic hydroxyl groups is 1. The summed E-state index contributed by atoms with van der Waals surface area (Å²) >= 11 is 0. The van der Waals surface area contributed by atoms with E-state index in [4.69, 9.17) is 37.0 Å². The molecule has 0 spiro atoms. The van der Waals surface area contributed by atoms with Gasteiger partial charge in [0, 0.05) is 25.7 Å². The SMILES string of the molecule is CCCCCCCCCCCCCCCCCCCCCCC(=O)O[C@H](COC(=O)CCCCCCCCCCC)COP(=O)(O)OC[C@@H](O)COP(=O)(O)OC[C@@H](COC(=O)CCCCCCCCC)OC(=O)CCCCCCCCC. The minimum atomic E-state index is -4.94. The van der Waals surface area contributed by atoms with Gasteiger partial charge in [-0.05, 0) is 25.7 Å². The molecule has 0 rings (SSSR count). The molecule has 0 saturated heterocycles. The van der Waals surface area contributed by atoms with Crippen molar-refractivity contribution in [2.75, 3.05) is 39.6 Å². The van der Waals surface area contributed by atoms with E-state index >= 15 is 0 Å². The number of esters is 4. The maximum Gasteiger partial charge on any atom is 0.472 e. The summed E-state index contributed by atoms with van der Waals surface area (Å²) in [5.41, 5.74) is 0. The van der Waals surface area contributed by atoms with Gasteiger partial charge < -0.3 is 33.8 Å². The first-order valence-electron chi connectivity index (χ1n) is 33.8. The van der Waals surface area contributed by atoms with Crippen LogP contribution in [0.1, 0.15) is 329 Å². The van der Waals surface area contributed by atoms with Crippen LogP contribution in [-0.4, -0.2) is 96.7 Å². The topological polar surface area (TPSA) is 237 Å². The van der Waals surface area contributed by atoms with Crippen molar-refractivity contribution in [1.29, 1.82) is 0 Å². The van der Waals surface area contributed by atoms with Crippen LogP contribution in [0.4, 0.5) is 0 Å². The first-order chi connectivity index (χ1) is 40.2. The Balaban J connectivity index is 5.07. The second-order valence-corrected chi connectivity index (χ2v) is 26.1. The summed E-state index contributed by atoms with van der Waals surface area (Å²) in [4.78, 5) is 71.9. The smallest absolute Gasteiger partial charge is 0.462 e. The number of hydrogen-bond donors (Lipinski definition) is 3. The summed E-state index contributed by atoms with van der Waals surface area (Å²) in [7, 11) is -9.87. The lowest BCUT2D eigenvalue weighted by Crippen LogP contribution is -2.30. The highest BCUT2D eigenvalue weighted by Gasteiger charge is 2.30. The van der Waals surface area contributed by atoms with Crippen molar-refractivity contribution >= 4 is 39.5 Å². The zero-order valence-corrected chi connectivity index (χ0v) is 54.9. The summed E-state index contributed by atoms with van der Waals surface area (Å²) in [6.07, 6.45) is 44.9. The first-order valence-corrected chi connectivity index (χ1v) is 36.8.